The summed E-state index contributed by atoms with van der Waals surface area (Å²) >= 11 is 0. The second-order valence-corrected chi connectivity index (χ2v) is 6.64. The van der Waals surface area contributed by atoms with E-state index in [2.05, 4.69) is 0 Å². The summed E-state index contributed by atoms with van der Waals surface area (Å²) < 4.78 is 5.25. The first-order valence-corrected chi connectivity index (χ1v) is 6.66. The van der Waals surface area contributed by atoms with E-state index in [1.165, 1.54) is 0 Å². The van der Waals surface area contributed by atoms with Crippen LogP contribution in [-0.2, 0) is 14.3 Å². The maximum Gasteiger partial charge on any atom is 0.170 e. The molecule has 0 heterocycles. The van der Waals surface area contributed by atoms with Crippen molar-refractivity contribution in [2.75, 3.05) is 19.8 Å². The van der Waals surface area contributed by atoms with Crippen molar-refractivity contribution in [3.05, 3.63) is 0 Å². The van der Waals surface area contributed by atoms with Gasteiger partial charge in [0, 0.05) is 17.4 Å². The molecule has 6 heteroatoms. The zero-order chi connectivity index (χ0) is 16.1. The number of ether oxygens (including phenoxy) is 1. The van der Waals surface area contributed by atoms with Crippen LogP contribution in [0.5, 0.6) is 0 Å². The Morgan fingerprint density at radius 3 is 1.95 bits per heavy atom. The second-order valence-electron chi connectivity index (χ2n) is 6.64. The fraction of sp³-hybridized carbons (Fsp3) is 0.857. The van der Waals surface area contributed by atoms with E-state index in [0.29, 0.717) is 0 Å². The zero-order valence-electron chi connectivity index (χ0n) is 13.0. The van der Waals surface area contributed by atoms with Crippen LogP contribution in [0.25, 0.3) is 0 Å². The first kappa shape index (κ1) is 19.2. The van der Waals surface area contributed by atoms with Crippen LogP contribution < -0.4 is 5.73 Å². The lowest BCUT2D eigenvalue weighted by Gasteiger charge is -2.26. The van der Waals surface area contributed by atoms with Gasteiger partial charge in [0.05, 0.1) is 13.2 Å². The molecule has 0 aliphatic rings. The molecule has 0 spiro atoms. The fourth-order valence-corrected chi connectivity index (χ4v) is 1.63. The molecule has 6 nitrogen and oxygen atoms in total. The van der Waals surface area contributed by atoms with Gasteiger partial charge in [0.25, 0.3) is 0 Å². The molecular weight excluding hydrogens is 262 g/mol. The number of nitrogens with two attached hydrogens (primary N) is 1. The Bertz CT molecular complexity index is 346. The molecule has 0 fully saturated rings. The molecule has 0 saturated heterocycles. The summed E-state index contributed by atoms with van der Waals surface area (Å²) in [4.78, 5) is 23.6. The van der Waals surface area contributed by atoms with Crippen molar-refractivity contribution in [3.8, 4) is 0 Å². The van der Waals surface area contributed by atoms with Gasteiger partial charge in [0.1, 0.15) is 12.2 Å². The first-order chi connectivity index (χ1) is 8.93. The van der Waals surface area contributed by atoms with E-state index >= 15 is 0 Å². The van der Waals surface area contributed by atoms with Gasteiger partial charge in [-0.15, -0.1) is 0 Å². The maximum atomic E-state index is 11.8. The van der Waals surface area contributed by atoms with E-state index in [0.717, 1.165) is 0 Å². The lowest BCUT2D eigenvalue weighted by atomic mass is 9.86. The number of carbonyl (C=O) groups excluding carboxylic acids is 2. The predicted molar refractivity (Wildman–Crippen MR) is 75.1 cm³/mol. The largest absolute Gasteiger partial charge is 0.384 e. The molecule has 2 atom stereocenters. The molecule has 0 radical (unpaired) electrons. The summed E-state index contributed by atoms with van der Waals surface area (Å²) in [6.45, 7) is 8.05. The van der Waals surface area contributed by atoms with Crippen LogP contribution in [0.4, 0.5) is 0 Å². The summed E-state index contributed by atoms with van der Waals surface area (Å²) in [5.74, 6) is -0.736. The molecule has 0 rings (SSSR count). The minimum Gasteiger partial charge on any atom is -0.384 e. The van der Waals surface area contributed by atoms with E-state index in [1.54, 1.807) is 34.6 Å². The Hall–Kier alpha value is -0.820. The number of rotatable bonds is 8. The highest BCUT2D eigenvalue weighted by Crippen LogP contribution is 2.20. The van der Waals surface area contributed by atoms with Crippen molar-refractivity contribution < 1.29 is 24.5 Å². The van der Waals surface area contributed by atoms with Gasteiger partial charge < -0.3 is 20.7 Å². The number of carbonyl (C=O) groups is 2. The highest BCUT2D eigenvalue weighted by Gasteiger charge is 2.33. The van der Waals surface area contributed by atoms with E-state index in [1.807, 2.05) is 0 Å². The van der Waals surface area contributed by atoms with E-state index in [-0.39, 0.29) is 25.5 Å². The van der Waals surface area contributed by atoms with Crippen molar-refractivity contribution in [3.63, 3.8) is 0 Å². The topological polar surface area (TPSA) is 110 Å². The van der Waals surface area contributed by atoms with Gasteiger partial charge in [0.15, 0.2) is 11.6 Å². The third-order valence-corrected chi connectivity index (χ3v) is 2.97. The predicted octanol–water partition coefficient (Wildman–Crippen LogP) is -0.106. The molecule has 0 aliphatic carbocycles. The van der Waals surface area contributed by atoms with Crippen molar-refractivity contribution in [1.29, 1.82) is 0 Å². The molecule has 0 saturated carbocycles. The van der Waals surface area contributed by atoms with Gasteiger partial charge in [-0.3, -0.25) is 9.59 Å². The van der Waals surface area contributed by atoms with Crippen LogP contribution in [-0.4, -0.2) is 53.7 Å². The molecule has 118 valence electrons. The third kappa shape index (κ3) is 5.66. The summed E-state index contributed by atoms with van der Waals surface area (Å²) in [5, 5.41) is 19.1. The van der Waals surface area contributed by atoms with Gasteiger partial charge in [-0.25, -0.2) is 0 Å². The summed E-state index contributed by atoms with van der Waals surface area (Å²) in [5.41, 5.74) is 3.66. The standard InChI is InChI=1S/C14H27NO5/c1-13(2,3)11(18)10(17)7-20-8-14(4,5)12(19)9(16)6-15/h9-10,16-17H,6-8,15H2,1-5H3. The minimum atomic E-state index is -1.23. The number of hydrogen-bond donors (Lipinski definition) is 3. The van der Waals surface area contributed by atoms with Crippen LogP contribution in [0.15, 0.2) is 0 Å². The van der Waals surface area contributed by atoms with Crippen molar-refractivity contribution >= 4 is 11.6 Å². The minimum absolute atomic E-state index is 0.00260. The second kappa shape index (κ2) is 7.26. The molecule has 0 amide bonds. The zero-order valence-corrected chi connectivity index (χ0v) is 13.0. The highest BCUT2D eigenvalue weighted by atomic mass is 16.5. The number of ketones is 2. The molecule has 0 aliphatic heterocycles. The lowest BCUT2D eigenvalue weighted by Crippen LogP contribution is -2.42. The van der Waals surface area contributed by atoms with E-state index in [9.17, 15) is 19.8 Å². The normalized spacial score (nSPS) is 15.8. The summed E-state index contributed by atoms with van der Waals surface area (Å²) in [7, 11) is 0. The smallest absolute Gasteiger partial charge is 0.170 e. The quantitative estimate of drug-likeness (QED) is 0.575. The van der Waals surface area contributed by atoms with Gasteiger partial charge in [-0.2, -0.15) is 0 Å². The van der Waals surface area contributed by atoms with Crippen LogP contribution in [0.2, 0.25) is 0 Å². The monoisotopic (exact) mass is 289 g/mol. The average molecular weight is 289 g/mol. The van der Waals surface area contributed by atoms with Crippen molar-refractivity contribution in [1.82, 2.24) is 0 Å². The maximum absolute atomic E-state index is 11.8. The number of hydrogen-bond acceptors (Lipinski definition) is 6. The number of aliphatic hydroxyl groups is 2. The molecule has 0 aromatic rings. The average Bonchev–Trinajstić information content (AvgIpc) is 2.34. The van der Waals surface area contributed by atoms with Gasteiger partial charge in [-0.05, 0) is 0 Å². The van der Waals surface area contributed by atoms with Crippen LogP contribution in [0.3, 0.4) is 0 Å². The first-order valence-electron chi connectivity index (χ1n) is 6.66. The third-order valence-electron chi connectivity index (χ3n) is 2.97. The Kier molecular flexibility index (Phi) is 6.97. The Morgan fingerprint density at radius 2 is 1.55 bits per heavy atom. The molecule has 4 N–H and O–H groups in total. The van der Waals surface area contributed by atoms with Crippen molar-refractivity contribution in [2.24, 2.45) is 16.6 Å². The summed E-state index contributed by atoms with van der Waals surface area (Å²) in [6, 6.07) is 0. The highest BCUT2D eigenvalue weighted by molar-refractivity contribution is 5.88. The summed E-state index contributed by atoms with van der Waals surface area (Å²) in [6.07, 6.45) is -2.45. The van der Waals surface area contributed by atoms with E-state index < -0.39 is 28.8 Å². The lowest BCUT2D eigenvalue weighted by molar-refractivity contribution is -0.142. The van der Waals surface area contributed by atoms with Crippen molar-refractivity contribution in [2.45, 2.75) is 46.8 Å². The Morgan fingerprint density at radius 1 is 1.05 bits per heavy atom. The Labute approximate surface area is 120 Å². The number of Topliss-reactive ketones (excluding diaryl/α,β-unsaturated/α-hetero) is 2. The van der Waals surface area contributed by atoms with Crippen LogP contribution >= 0.6 is 0 Å². The SMILES string of the molecule is CC(C)(C)C(=O)C(O)COCC(C)(C)C(=O)C(O)CN. The van der Waals surface area contributed by atoms with Gasteiger partial charge in [-0.1, -0.05) is 34.6 Å². The molecule has 2 unspecified atom stereocenters. The Balaban J connectivity index is 4.37. The van der Waals surface area contributed by atoms with Crippen LogP contribution in [0.1, 0.15) is 34.6 Å². The fourth-order valence-electron chi connectivity index (χ4n) is 1.63. The molecular formula is C14H27NO5. The van der Waals surface area contributed by atoms with Gasteiger partial charge in [0.2, 0.25) is 0 Å². The molecule has 20 heavy (non-hydrogen) atoms. The van der Waals surface area contributed by atoms with E-state index in [4.69, 9.17) is 10.5 Å². The number of aliphatic hydroxyl groups excluding tert-OH is 2. The molecule has 0 bridgehead atoms. The molecule has 0 aromatic heterocycles. The van der Waals surface area contributed by atoms with Crippen LogP contribution in [0, 0.1) is 10.8 Å². The molecule has 0 aromatic carbocycles. The van der Waals surface area contributed by atoms with Gasteiger partial charge >= 0.3 is 0 Å².